The summed E-state index contributed by atoms with van der Waals surface area (Å²) >= 11 is 0. The molecule has 11 rings (SSSR count). The minimum absolute atomic E-state index is 0.555. The van der Waals surface area contributed by atoms with Crippen LogP contribution in [0.25, 0.3) is 100.0 Å². The zero-order valence-corrected chi connectivity index (χ0v) is 27.2. The molecule has 0 aliphatic rings. The van der Waals surface area contributed by atoms with Crippen LogP contribution in [0, 0.1) is 0 Å². The fraction of sp³-hybridized carbons (Fsp3) is 0. The largest absolute Gasteiger partial charge is 0.455 e. The van der Waals surface area contributed by atoms with Gasteiger partial charge in [0.25, 0.3) is 0 Å². The maximum absolute atomic E-state index is 6.44. The van der Waals surface area contributed by atoms with Crippen LogP contribution in [0.15, 0.2) is 168 Å². The van der Waals surface area contributed by atoms with Crippen molar-refractivity contribution >= 4 is 65.6 Å². The normalized spacial score (nSPS) is 11.9. The second-order valence-corrected chi connectivity index (χ2v) is 12.9. The quantitative estimate of drug-likeness (QED) is 0.190. The summed E-state index contributed by atoms with van der Waals surface area (Å²) in [7, 11) is 0. The Labute approximate surface area is 291 Å². The van der Waals surface area contributed by atoms with Crippen molar-refractivity contribution in [2.75, 3.05) is 0 Å². The Bertz CT molecular complexity index is 3100. The molecule has 51 heavy (non-hydrogen) atoms. The molecule has 0 aliphatic carbocycles. The van der Waals surface area contributed by atoms with E-state index in [9.17, 15) is 0 Å². The molecule has 6 heteroatoms. The van der Waals surface area contributed by atoms with Gasteiger partial charge in [0, 0.05) is 43.4 Å². The van der Waals surface area contributed by atoms with Crippen molar-refractivity contribution in [3.8, 4) is 34.4 Å². The van der Waals surface area contributed by atoms with E-state index in [-0.39, 0.29) is 0 Å². The number of benzene rings is 7. The van der Waals surface area contributed by atoms with E-state index < -0.39 is 0 Å². The van der Waals surface area contributed by atoms with Gasteiger partial charge in [0.15, 0.2) is 5.82 Å². The summed E-state index contributed by atoms with van der Waals surface area (Å²) in [5.41, 5.74) is 8.96. The highest BCUT2D eigenvalue weighted by atomic mass is 16.3. The number of rotatable bonds is 4. The van der Waals surface area contributed by atoms with Gasteiger partial charge in [-0.3, -0.25) is 9.13 Å². The summed E-state index contributed by atoms with van der Waals surface area (Å²) in [6.07, 6.45) is 0. The second-order valence-electron chi connectivity index (χ2n) is 12.9. The SMILES string of the molecule is c1ccc(-c2nc(-n3c4ccccc4c4ccccc43)nc(-n3c4ccccc4c4cc(-c5cccc6c5oc5ccccc56)ccc43)n2)cc1. The highest BCUT2D eigenvalue weighted by Crippen LogP contribution is 2.39. The summed E-state index contributed by atoms with van der Waals surface area (Å²) in [5.74, 6) is 1.73. The van der Waals surface area contributed by atoms with Crippen LogP contribution in [-0.4, -0.2) is 24.1 Å². The number of aromatic nitrogens is 5. The van der Waals surface area contributed by atoms with Crippen molar-refractivity contribution in [2.45, 2.75) is 0 Å². The molecule has 0 amide bonds. The fourth-order valence-corrected chi connectivity index (χ4v) is 7.74. The van der Waals surface area contributed by atoms with Gasteiger partial charge in [0.2, 0.25) is 11.9 Å². The molecule has 0 saturated carbocycles. The van der Waals surface area contributed by atoms with Crippen molar-refractivity contribution < 1.29 is 4.42 Å². The van der Waals surface area contributed by atoms with Crippen molar-refractivity contribution in [3.63, 3.8) is 0 Å². The highest BCUT2D eigenvalue weighted by Gasteiger charge is 2.21. The van der Waals surface area contributed by atoms with Crippen LogP contribution < -0.4 is 0 Å². The van der Waals surface area contributed by atoms with Gasteiger partial charge in [-0.1, -0.05) is 127 Å². The molecule has 0 N–H and O–H groups in total. The minimum atomic E-state index is 0.555. The standard InChI is InChI=1S/C45H27N5O/c1-2-13-28(14-3-1)43-46-44(49-37-21-8-4-15-31(37)32-16-5-9-22-38(32)49)48-45(47-43)50-39-23-10-6-17-33(39)36-27-29(25-26-40(36)50)30-19-12-20-35-34-18-7-11-24-41(34)51-42(30)35/h1-27H. The van der Waals surface area contributed by atoms with Gasteiger partial charge in [-0.25, -0.2) is 0 Å². The maximum atomic E-state index is 6.44. The fourth-order valence-electron chi connectivity index (χ4n) is 7.74. The predicted molar refractivity (Wildman–Crippen MR) is 207 cm³/mol. The highest BCUT2D eigenvalue weighted by molar-refractivity contribution is 6.13. The van der Waals surface area contributed by atoms with Gasteiger partial charge < -0.3 is 4.42 Å². The second kappa shape index (κ2) is 10.7. The number of hydrogen-bond donors (Lipinski definition) is 0. The molecule has 4 heterocycles. The Hall–Kier alpha value is -7.05. The Morgan fingerprint density at radius 1 is 0.373 bits per heavy atom. The van der Waals surface area contributed by atoms with E-state index in [2.05, 4.69) is 130 Å². The van der Waals surface area contributed by atoms with E-state index in [0.717, 1.165) is 82.2 Å². The van der Waals surface area contributed by atoms with Crippen molar-refractivity contribution in [2.24, 2.45) is 0 Å². The van der Waals surface area contributed by atoms with Gasteiger partial charge >= 0.3 is 0 Å². The van der Waals surface area contributed by atoms with E-state index in [1.807, 2.05) is 42.5 Å². The molecule has 0 aliphatic heterocycles. The lowest BCUT2D eigenvalue weighted by Crippen LogP contribution is -2.10. The molecule has 4 aromatic heterocycles. The number of hydrogen-bond acceptors (Lipinski definition) is 4. The molecule has 0 saturated heterocycles. The molecule has 6 nitrogen and oxygen atoms in total. The van der Waals surface area contributed by atoms with Crippen molar-refractivity contribution in [1.29, 1.82) is 0 Å². The first-order chi connectivity index (χ1) is 25.3. The van der Waals surface area contributed by atoms with Crippen LogP contribution in [0.5, 0.6) is 0 Å². The van der Waals surface area contributed by atoms with Crippen LogP contribution in [0.3, 0.4) is 0 Å². The number of furan rings is 1. The summed E-state index contributed by atoms with van der Waals surface area (Å²) in [5, 5.41) is 6.76. The molecule has 0 spiro atoms. The molecule has 0 fully saturated rings. The van der Waals surface area contributed by atoms with Gasteiger partial charge in [-0.2, -0.15) is 15.0 Å². The topological polar surface area (TPSA) is 61.7 Å². The summed E-state index contributed by atoms with van der Waals surface area (Å²) in [6.45, 7) is 0. The monoisotopic (exact) mass is 653 g/mol. The molecular weight excluding hydrogens is 627 g/mol. The van der Waals surface area contributed by atoms with Crippen LogP contribution in [0.4, 0.5) is 0 Å². The van der Waals surface area contributed by atoms with Crippen LogP contribution in [0.1, 0.15) is 0 Å². The molecular formula is C45H27N5O. The number of nitrogens with zero attached hydrogens (tertiary/aromatic N) is 5. The van der Waals surface area contributed by atoms with E-state index in [1.165, 1.54) is 0 Å². The average molecular weight is 654 g/mol. The van der Waals surface area contributed by atoms with Gasteiger partial charge in [0.05, 0.1) is 22.1 Å². The van der Waals surface area contributed by atoms with Crippen LogP contribution in [0.2, 0.25) is 0 Å². The first kappa shape index (κ1) is 27.9. The molecule has 0 atom stereocenters. The zero-order chi connectivity index (χ0) is 33.5. The Morgan fingerprint density at radius 2 is 0.902 bits per heavy atom. The minimum Gasteiger partial charge on any atom is -0.455 e. The first-order valence-electron chi connectivity index (χ1n) is 17.0. The zero-order valence-electron chi connectivity index (χ0n) is 27.2. The smallest absolute Gasteiger partial charge is 0.240 e. The third-order valence-electron chi connectivity index (χ3n) is 10.0. The molecule has 0 unspecified atom stereocenters. The van der Waals surface area contributed by atoms with E-state index in [0.29, 0.717) is 17.7 Å². The summed E-state index contributed by atoms with van der Waals surface area (Å²) in [6, 6.07) is 56.7. The molecule has 0 radical (unpaired) electrons. The summed E-state index contributed by atoms with van der Waals surface area (Å²) in [4.78, 5) is 15.6. The van der Waals surface area contributed by atoms with Gasteiger partial charge in [-0.15, -0.1) is 0 Å². The summed E-state index contributed by atoms with van der Waals surface area (Å²) < 4.78 is 10.8. The van der Waals surface area contributed by atoms with Crippen LogP contribution >= 0.6 is 0 Å². The van der Waals surface area contributed by atoms with Gasteiger partial charge in [-0.05, 0) is 42.0 Å². The number of fused-ring (bicyclic) bond motifs is 9. The Balaban J connectivity index is 1.18. The molecule has 0 bridgehead atoms. The van der Waals surface area contributed by atoms with E-state index >= 15 is 0 Å². The van der Waals surface area contributed by atoms with Crippen LogP contribution in [-0.2, 0) is 0 Å². The van der Waals surface area contributed by atoms with Crippen molar-refractivity contribution in [1.82, 2.24) is 24.1 Å². The van der Waals surface area contributed by atoms with Crippen molar-refractivity contribution in [3.05, 3.63) is 164 Å². The van der Waals surface area contributed by atoms with E-state index in [1.54, 1.807) is 0 Å². The molecule has 238 valence electrons. The first-order valence-corrected chi connectivity index (χ1v) is 17.0. The lowest BCUT2D eigenvalue weighted by molar-refractivity contribution is 0.670. The Morgan fingerprint density at radius 3 is 1.57 bits per heavy atom. The third kappa shape index (κ3) is 4.14. The predicted octanol–water partition coefficient (Wildman–Crippen LogP) is 11.3. The lowest BCUT2D eigenvalue weighted by atomic mass is 10.0. The van der Waals surface area contributed by atoms with Gasteiger partial charge in [0.1, 0.15) is 11.2 Å². The molecule has 7 aromatic carbocycles. The maximum Gasteiger partial charge on any atom is 0.240 e. The van der Waals surface area contributed by atoms with E-state index in [4.69, 9.17) is 19.4 Å². The third-order valence-corrected chi connectivity index (χ3v) is 10.0. The Kier molecular flexibility index (Phi) is 5.86. The number of para-hydroxylation sites is 5. The molecule has 11 aromatic rings. The lowest BCUT2D eigenvalue weighted by Gasteiger charge is -2.12. The average Bonchev–Trinajstić information content (AvgIpc) is 3.86.